The fourth-order valence-electron chi connectivity index (χ4n) is 1.32. The van der Waals surface area contributed by atoms with Gasteiger partial charge in [-0.3, -0.25) is 4.98 Å². The monoisotopic (exact) mass is 251 g/mol. The Bertz CT molecular complexity index is 476. The fraction of sp³-hybridized carbons (Fsp3) is 0.0833. The molecule has 0 fully saturated rings. The van der Waals surface area contributed by atoms with Crippen LogP contribution >= 0.6 is 23.4 Å². The van der Waals surface area contributed by atoms with E-state index in [1.165, 1.54) is 0 Å². The summed E-state index contributed by atoms with van der Waals surface area (Å²) in [5, 5.41) is 9.87. The Morgan fingerprint density at radius 1 is 1.19 bits per heavy atom. The van der Waals surface area contributed by atoms with E-state index < -0.39 is 0 Å². The molecular formula is C12H10ClNOS. The van der Waals surface area contributed by atoms with E-state index >= 15 is 0 Å². The van der Waals surface area contributed by atoms with E-state index in [0.29, 0.717) is 5.02 Å². The molecule has 1 heterocycles. The van der Waals surface area contributed by atoms with E-state index in [4.69, 9.17) is 11.6 Å². The third-order valence-corrected chi connectivity index (χ3v) is 3.58. The summed E-state index contributed by atoms with van der Waals surface area (Å²) in [5.74, 6) is 0. The molecule has 0 aliphatic rings. The van der Waals surface area contributed by atoms with E-state index in [-0.39, 0.29) is 6.61 Å². The summed E-state index contributed by atoms with van der Waals surface area (Å²) < 4.78 is 0. The number of benzene rings is 1. The first-order chi connectivity index (χ1) is 7.81. The zero-order valence-electron chi connectivity index (χ0n) is 8.43. The average Bonchev–Trinajstić information content (AvgIpc) is 2.31. The Balaban J connectivity index is 2.31. The molecule has 0 saturated carbocycles. The van der Waals surface area contributed by atoms with E-state index in [0.717, 1.165) is 15.4 Å². The van der Waals surface area contributed by atoms with E-state index in [2.05, 4.69) is 4.98 Å². The average molecular weight is 252 g/mol. The molecule has 2 aromatic rings. The smallest absolute Gasteiger partial charge is 0.0707 e. The number of aromatic nitrogens is 1. The number of hydrogen-bond donors (Lipinski definition) is 1. The first-order valence-electron chi connectivity index (χ1n) is 4.77. The van der Waals surface area contributed by atoms with Crippen LogP contribution in [-0.2, 0) is 6.61 Å². The summed E-state index contributed by atoms with van der Waals surface area (Å²) in [7, 11) is 0. The van der Waals surface area contributed by atoms with Gasteiger partial charge in [-0.1, -0.05) is 29.4 Å². The maximum atomic E-state index is 9.27. The van der Waals surface area contributed by atoms with E-state index in [1.54, 1.807) is 30.2 Å². The Hall–Kier alpha value is -1.03. The lowest BCUT2D eigenvalue weighted by atomic mass is 10.2. The molecule has 16 heavy (non-hydrogen) atoms. The van der Waals surface area contributed by atoms with E-state index in [9.17, 15) is 5.11 Å². The molecule has 0 unspecified atom stereocenters. The SMILES string of the molecule is OCc1c(Cl)cccc1Sc1ccncc1. The topological polar surface area (TPSA) is 33.1 Å². The highest BCUT2D eigenvalue weighted by molar-refractivity contribution is 7.99. The zero-order chi connectivity index (χ0) is 11.4. The van der Waals surface area contributed by atoms with Crippen molar-refractivity contribution in [3.63, 3.8) is 0 Å². The van der Waals surface area contributed by atoms with Gasteiger partial charge in [0.25, 0.3) is 0 Å². The van der Waals surface area contributed by atoms with Crippen LogP contribution in [0, 0.1) is 0 Å². The summed E-state index contributed by atoms with van der Waals surface area (Å²) in [6, 6.07) is 9.46. The second-order valence-corrected chi connectivity index (χ2v) is 4.68. The van der Waals surface area contributed by atoms with Crippen LogP contribution < -0.4 is 0 Å². The van der Waals surface area contributed by atoms with Gasteiger partial charge < -0.3 is 5.11 Å². The molecule has 4 heteroatoms. The minimum absolute atomic E-state index is 0.0485. The number of halogens is 1. The molecule has 0 bridgehead atoms. The lowest BCUT2D eigenvalue weighted by Gasteiger charge is -2.08. The van der Waals surface area contributed by atoms with E-state index in [1.807, 2.05) is 24.3 Å². The first-order valence-corrected chi connectivity index (χ1v) is 5.97. The summed E-state index contributed by atoms with van der Waals surface area (Å²) in [6.07, 6.45) is 3.48. The maximum absolute atomic E-state index is 9.27. The standard InChI is InChI=1S/C12H10ClNOS/c13-11-2-1-3-12(10(11)8-15)16-9-4-6-14-7-5-9/h1-7,15H,8H2. The maximum Gasteiger partial charge on any atom is 0.0707 e. The van der Waals surface area contributed by atoms with Crippen LogP contribution in [0.25, 0.3) is 0 Å². The van der Waals surface area contributed by atoms with Crippen LogP contribution in [-0.4, -0.2) is 10.1 Å². The van der Waals surface area contributed by atoms with Crippen molar-refractivity contribution in [2.45, 2.75) is 16.4 Å². The van der Waals surface area contributed by atoms with Gasteiger partial charge in [0.1, 0.15) is 0 Å². The molecule has 1 aromatic heterocycles. The molecular weight excluding hydrogens is 242 g/mol. The third-order valence-electron chi connectivity index (χ3n) is 2.11. The molecule has 0 radical (unpaired) electrons. The van der Waals surface area contributed by atoms with Gasteiger partial charge >= 0.3 is 0 Å². The molecule has 0 amide bonds. The fourth-order valence-corrected chi connectivity index (χ4v) is 2.57. The van der Waals surface area contributed by atoms with Crippen LogP contribution in [0.15, 0.2) is 52.5 Å². The number of aliphatic hydroxyl groups is 1. The highest BCUT2D eigenvalue weighted by Gasteiger charge is 2.07. The van der Waals surface area contributed by atoms with Crippen molar-refractivity contribution in [3.05, 3.63) is 53.3 Å². The molecule has 0 aliphatic carbocycles. The Kier molecular flexibility index (Phi) is 3.83. The Labute approximate surface area is 103 Å². The molecule has 2 nitrogen and oxygen atoms in total. The predicted octanol–water partition coefficient (Wildman–Crippen LogP) is 3.38. The summed E-state index contributed by atoms with van der Waals surface area (Å²) in [4.78, 5) is 6.01. The molecule has 1 N–H and O–H groups in total. The zero-order valence-corrected chi connectivity index (χ0v) is 10.0. The van der Waals surface area contributed by atoms with Gasteiger partial charge in [-0.15, -0.1) is 0 Å². The van der Waals surface area contributed by atoms with Gasteiger partial charge in [-0.2, -0.15) is 0 Å². The van der Waals surface area contributed by atoms with Crippen LogP contribution in [0.4, 0.5) is 0 Å². The van der Waals surface area contributed by atoms with Gasteiger partial charge in [0.05, 0.1) is 6.61 Å². The molecule has 82 valence electrons. The molecule has 0 atom stereocenters. The lowest BCUT2D eigenvalue weighted by molar-refractivity contribution is 0.279. The lowest BCUT2D eigenvalue weighted by Crippen LogP contribution is -1.88. The minimum Gasteiger partial charge on any atom is -0.392 e. The van der Waals surface area contributed by atoms with Crippen molar-refractivity contribution in [3.8, 4) is 0 Å². The van der Waals surface area contributed by atoms with Gasteiger partial charge in [0, 0.05) is 32.8 Å². The second kappa shape index (κ2) is 5.34. The number of nitrogens with zero attached hydrogens (tertiary/aromatic N) is 1. The molecule has 0 spiro atoms. The van der Waals surface area contributed by atoms with Crippen molar-refractivity contribution < 1.29 is 5.11 Å². The summed E-state index contributed by atoms with van der Waals surface area (Å²) in [5.41, 5.74) is 0.769. The quantitative estimate of drug-likeness (QED) is 0.908. The van der Waals surface area contributed by atoms with Crippen LogP contribution in [0.2, 0.25) is 5.02 Å². The van der Waals surface area contributed by atoms with Crippen LogP contribution in [0.1, 0.15) is 5.56 Å². The molecule has 0 saturated heterocycles. The number of pyridine rings is 1. The summed E-state index contributed by atoms with van der Waals surface area (Å²) >= 11 is 7.58. The normalized spacial score (nSPS) is 10.4. The van der Waals surface area contributed by atoms with Crippen molar-refractivity contribution in [1.29, 1.82) is 0 Å². The summed E-state index contributed by atoms with van der Waals surface area (Å²) in [6.45, 7) is -0.0485. The second-order valence-electron chi connectivity index (χ2n) is 3.16. The Morgan fingerprint density at radius 3 is 2.62 bits per heavy atom. The van der Waals surface area contributed by atoms with Gasteiger partial charge in [0.2, 0.25) is 0 Å². The van der Waals surface area contributed by atoms with Crippen molar-refractivity contribution in [2.75, 3.05) is 0 Å². The van der Waals surface area contributed by atoms with Crippen molar-refractivity contribution in [1.82, 2.24) is 4.98 Å². The van der Waals surface area contributed by atoms with Gasteiger partial charge in [-0.25, -0.2) is 0 Å². The predicted molar refractivity (Wildman–Crippen MR) is 65.7 cm³/mol. The molecule has 2 rings (SSSR count). The van der Waals surface area contributed by atoms with Crippen LogP contribution in [0.3, 0.4) is 0 Å². The molecule has 1 aromatic carbocycles. The Morgan fingerprint density at radius 2 is 1.94 bits per heavy atom. The first kappa shape index (κ1) is 11.5. The minimum atomic E-state index is -0.0485. The van der Waals surface area contributed by atoms with Gasteiger partial charge in [0.15, 0.2) is 0 Å². The number of rotatable bonds is 3. The number of aliphatic hydroxyl groups excluding tert-OH is 1. The largest absolute Gasteiger partial charge is 0.392 e. The van der Waals surface area contributed by atoms with Crippen LogP contribution in [0.5, 0.6) is 0 Å². The highest BCUT2D eigenvalue weighted by Crippen LogP contribution is 2.33. The number of hydrogen-bond acceptors (Lipinski definition) is 3. The van der Waals surface area contributed by atoms with Gasteiger partial charge in [-0.05, 0) is 24.3 Å². The van der Waals surface area contributed by atoms with Crippen molar-refractivity contribution in [2.24, 2.45) is 0 Å². The molecule has 0 aliphatic heterocycles. The third kappa shape index (κ3) is 2.55. The highest BCUT2D eigenvalue weighted by atomic mass is 35.5. The van der Waals surface area contributed by atoms with Crippen molar-refractivity contribution >= 4 is 23.4 Å².